The lowest BCUT2D eigenvalue weighted by molar-refractivity contribution is -0.134. The van der Waals surface area contributed by atoms with Crippen molar-refractivity contribution in [2.75, 3.05) is 19.7 Å². The number of nitrogens with two attached hydrogens (primary N) is 1. The fourth-order valence-corrected chi connectivity index (χ4v) is 3.05. The third-order valence-corrected chi connectivity index (χ3v) is 4.36. The molecule has 5 heteroatoms. The van der Waals surface area contributed by atoms with Crippen molar-refractivity contribution in [3.63, 3.8) is 0 Å². The molecule has 2 aliphatic heterocycles. The highest BCUT2D eigenvalue weighted by Gasteiger charge is 2.26. The number of fused-ring (bicyclic) bond motifs is 1. The number of carbonyl (C=O) groups excluding carboxylic acids is 2. The average molecular weight is 288 g/mol. The Hall–Kier alpha value is -2.04. The van der Waals surface area contributed by atoms with Gasteiger partial charge in [0, 0.05) is 25.4 Å². The van der Waals surface area contributed by atoms with Gasteiger partial charge in [0.1, 0.15) is 5.75 Å². The van der Waals surface area contributed by atoms with Gasteiger partial charge in [-0.2, -0.15) is 0 Å². The molecule has 0 radical (unpaired) electrons. The quantitative estimate of drug-likeness (QED) is 0.897. The van der Waals surface area contributed by atoms with E-state index < -0.39 is 0 Å². The molecule has 2 amide bonds. The SMILES string of the molecule is NC(=O)C1CCN(C(=O)Cc2ccc3c(c2)CCO3)CC1. The summed E-state index contributed by atoms with van der Waals surface area (Å²) in [7, 11) is 0. The first-order chi connectivity index (χ1) is 10.1. The van der Waals surface area contributed by atoms with Gasteiger partial charge < -0.3 is 15.4 Å². The van der Waals surface area contributed by atoms with Gasteiger partial charge in [-0.05, 0) is 30.0 Å². The molecule has 1 aromatic rings. The summed E-state index contributed by atoms with van der Waals surface area (Å²) in [6.07, 6.45) is 2.69. The highest BCUT2D eigenvalue weighted by molar-refractivity contribution is 5.80. The molecule has 2 N–H and O–H groups in total. The number of hydrogen-bond donors (Lipinski definition) is 1. The number of primary amides is 1. The van der Waals surface area contributed by atoms with E-state index in [1.54, 1.807) is 0 Å². The first-order valence-electron chi connectivity index (χ1n) is 7.45. The van der Waals surface area contributed by atoms with Gasteiger partial charge in [0.2, 0.25) is 11.8 Å². The number of benzene rings is 1. The zero-order valence-electron chi connectivity index (χ0n) is 12.0. The molecule has 2 aliphatic rings. The molecule has 112 valence electrons. The van der Waals surface area contributed by atoms with E-state index in [2.05, 4.69) is 6.07 Å². The van der Waals surface area contributed by atoms with Crippen LogP contribution in [-0.2, 0) is 22.4 Å². The largest absolute Gasteiger partial charge is 0.493 e. The van der Waals surface area contributed by atoms with Crippen LogP contribution < -0.4 is 10.5 Å². The Morgan fingerprint density at radius 1 is 1.29 bits per heavy atom. The number of nitrogens with zero attached hydrogens (tertiary/aromatic N) is 1. The number of likely N-dealkylation sites (tertiary alicyclic amines) is 1. The monoisotopic (exact) mass is 288 g/mol. The van der Waals surface area contributed by atoms with Crippen LogP contribution in [0.1, 0.15) is 24.0 Å². The fraction of sp³-hybridized carbons (Fsp3) is 0.500. The van der Waals surface area contributed by atoms with E-state index in [4.69, 9.17) is 10.5 Å². The van der Waals surface area contributed by atoms with Gasteiger partial charge in [0.25, 0.3) is 0 Å². The maximum atomic E-state index is 12.3. The number of rotatable bonds is 3. The van der Waals surface area contributed by atoms with Crippen molar-refractivity contribution < 1.29 is 14.3 Å². The highest BCUT2D eigenvalue weighted by atomic mass is 16.5. The Balaban J connectivity index is 1.58. The summed E-state index contributed by atoms with van der Waals surface area (Å²) in [4.78, 5) is 25.3. The number of ether oxygens (including phenoxy) is 1. The molecule has 0 aliphatic carbocycles. The van der Waals surface area contributed by atoms with Crippen LogP contribution >= 0.6 is 0 Å². The topological polar surface area (TPSA) is 72.6 Å². The van der Waals surface area contributed by atoms with Crippen LogP contribution in [0.25, 0.3) is 0 Å². The van der Waals surface area contributed by atoms with Gasteiger partial charge in [0.05, 0.1) is 13.0 Å². The van der Waals surface area contributed by atoms with Crippen LogP contribution in [0.3, 0.4) is 0 Å². The molecule has 0 bridgehead atoms. The minimum absolute atomic E-state index is 0.0776. The minimum Gasteiger partial charge on any atom is -0.493 e. The molecule has 1 saturated heterocycles. The van der Waals surface area contributed by atoms with E-state index in [-0.39, 0.29) is 17.7 Å². The summed E-state index contributed by atoms with van der Waals surface area (Å²) < 4.78 is 5.47. The van der Waals surface area contributed by atoms with Gasteiger partial charge in [-0.3, -0.25) is 9.59 Å². The van der Waals surface area contributed by atoms with E-state index in [0.29, 0.717) is 32.4 Å². The van der Waals surface area contributed by atoms with E-state index in [1.165, 1.54) is 5.56 Å². The van der Waals surface area contributed by atoms with Crippen molar-refractivity contribution in [1.29, 1.82) is 0 Å². The van der Waals surface area contributed by atoms with Gasteiger partial charge in [-0.25, -0.2) is 0 Å². The molecule has 0 spiro atoms. The molecular weight excluding hydrogens is 268 g/mol. The van der Waals surface area contributed by atoms with Gasteiger partial charge >= 0.3 is 0 Å². The van der Waals surface area contributed by atoms with Crippen LogP contribution in [-0.4, -0.2) is 36.4 Å². The molecule has 1 aromatic carbocycles. The van der Waals surface area contributed by atoms with Crippen molar-refractivity contribution in [3.05, 3.63) is 29.3 Å². The molecule has 0 unspecified atom stereocenters. The van der Waals surface area contributed by atoms with Gasteiger partial charge in [0.15, 0.2) is 0 Å². The number of amides is 2. The van der Waals surface area contributed by atoms with E-state index >= 15 is 0 Å². The van der Waals surface area contributed by atoms with E-state index in [1.807, 2.05) is 17.0 Å². The molecule has 0 saturated carbocycles. The van der Waals surface area contributed by atoms with Crippen LogP contribution in [0.15, 0.2) is 18.2 Å². The van der Waals surface area contributed by atoms with E-state index in [0.717, 1.165) is 24.3 Å². The molecule has 21 heavy (non-hydrogen) atoms. The Bertz CT molecular complexity index is 563. The maximum absolute atomic E-state index is 12.3. The van der Waals surface area contributed by atoms with Crippen molar-refractivity contribution in [1.82, 2.24) is 4.90 Å². The Kier molecular flexibility index (Phi) is 3.82. The number of piperidine rings is 1. The molecule has 0 aromatic heterocycles. The van der Waals surface area contributed by atoms with E-state index in [9.17, 15) is 9.59 Å². The van der Waals surface area contributed by atoms with Crippen LogP contribution in [0.4, 0.5) is 0 Å². The number of carbonyl (C=O) groups is 2. The lowest BCUT2D eigenvalue weighted by Gasteiger charge is -2.30. The standard InChI is InChI=1S/C16H20N2O3/c17-16(20)12-3-6-18(7-4-12)15(19)10-11-1-2-14-13(9-11)5-8-21-14/h1-2,9,12H,3-8,10H2,(H2,17,20). The normalized spacial score (nSPS) is 18.2. The highest BCUT2D eigenvalue weighted by Crippen LogP contribution is 2.26. The third-order valence-electron chi connectivity index (χ3n) is 4.36. The van der Waals surface area contributed by atoms with Crippen LogP contribution in [0, 0.1) is 5.92 Å². The zero-order valence-corrected chi connectivity index (χ0v) is 12.0. The smallest absolute Gasteiger partial charge is 0.226 e. The Morgan fingerprint density at radius 3 is 2.76 bits per heavy atom. The zero-order chi connectivity index (χ0) is 14.8. The first-order valence-corrected chi connectivity index (χ1v) is 7.45. The fourth-order valence-electron chi connectivity index (χ4n) is 3.05. The molecule has 5 nitrogen and oxygen atoms in total. The van der Waals surface area contributed by atoms with Crippen LogP contribution in [0.5, 0.6) is 5.75 Å². The first kappa shape index (κ1) is 13.9. The average Bonchev–Trinajstić information content (AvgIpc) is 2.95. The minimum atomic E-state index is -0.249. The maximum Gasteiger partial charge on any atom is 0.226 e. The summed E-state index contributed by atoms with van der Waals surface area (Å²) in [5.41, 5.74) is 7.53. The van der Waals surface area contributed by atoms with Gasteiger partial charge in [-0.1, -0.05) is 12.1 Å². The van der Waals surface area contributed by atoms with Crippen molar-refractivity contribution in [3.8, 4) is 5.75 Å². The summed E-state index contributed by atoms with van der Waals surface area (Å²) in [5.74, 6) is 0.733. The predicted molar refractivity (Wildman–Crippen MR) is 77.8 cm³/mol. The molecule has 1 fully saturated rings. The second-order valence-corrected chi connectivity index (χ2v) is 5.77. The molecule has 2 heterocycles. The second kappa shape index (κ2) is 5.76. The predicted octanol–water partition coefficient (Wildman–Crippen LogP) is 0.888. The van der Waals surface area contributed by atoms with Crippen molar-refractivity contribution >= 4 is 11.8 Å². The lowest BCUT2D eigenvalue weighted by Crippen LogP contribution is -2.42. The summed E-state index contributed by atoms with van der Waals surface area (Å²) in [6.45, 7) is 1.98. The lowest BCUT2D eigenvalue weighted by atomic mass is 9.96. The van der Waals surface area contributed by atoms with Crippen molar-refractivity contribution in [2.45, 2.75) is 25.7 Å². The van der Waals surface area contributed by atoms with Crippen molar-refractivity contribution in [2.24, 2.45) is 11.7 Å². The molecule has 3 rings (SSSR count). The second-order valence-electron chi connectivity index (χ2n) is 5.77. The summed E-state index contributed by atoms with van der Waals surface area (Å²) in [6, 6.07) is 5.97. The molecule has 0 atom stereocenters. The van der Waals surface area contributed by atoms with Gasteiger partial charge in [-0.15, -0.1) is 0 Å². The third kappa shape index (κ3) is 3.01. The Morgan fingerprint density at radius 2 is 2.05 bits per heavy atom. The Labute approximate surface area is 124 Å². The molecular formula is C16H20N2O3. The summed E-state index contributed by atoms with van der Waals surface area (Å²) >= 11 is 0. The summed E-state index contributed by atoms with van der Waals surface area (Å²) in [5, 5.41) is 0. The number of hydrogen-bond acceptors (Lipinski definition) is 3. The van der Waals surface area contributed by atoms with Crippen LogP contribution in [0.2, 0.25) is 0 Å².